The van der Waals surface area contributed by atoms with Gasteiger partial charge in [-0.05, 0) is 26.8 Å². The zero-order valence-corrected chi connectivity index (χ0v) is 14.1. The second-order valence-electron chi connectivity index (χ2n) is 6.66. The van der Waals surface area contributed by atoms with Crippen LogP contribution in [0.4, 0.5) is 5.95 Å². The van der Waals surface area contributed by atoms with Gasteiger partial charge in [-0.2, -0.15) is 5.10 Å². The zero-order valence-electron chi connectivity index (χ0n) is 14.1. The van der Waals surface area contributed by atoms with E-state index in [4.69, 9.17) is 9.84 Å². The van der Waals surface area contributed by atoms with Crippen molar-refractivity contribution >= 4 is 11.9 Å². The molecule has 1 aliphatic heterocycles. The van der Waals surface area contributed by atoms with Crippen LogP contribution in [0.1, 0.15) is 42.5 Å². The molecular formula is C16H21N5O3. The maximum Gasteiger partial charge on any atom is 0.357 e. The molecule has 8 nitrogen and oxygen atoms in total. The van der Waals surface area contributed by atoms with Crippen LogP contribution >= 0.6 is 0 Å². The van der Waals surface area contributed by atoms with Crippen molar-refractivity contribution in [2.75, 3.05) is 11.5 Å². The second kappa shape index (κ2) is 6.20. The smallest absolute Gasteiger partial charge is 0.357 e. The van der Waals surface area contributed by atoms with Crippen molar-refractivity contribution < 1.29 is 14.6 Å². The van der Waals surface area contributed by atoms with Gasteiger partial charge in [0.05, 0.1) is 31.6 Å². The van der Waals surface area contributed by atoms with Crippen molar-refractivity contribution in [1.29, 1.82) is 0 Å². The summed E-state index contributed by atoms with van der Waals surface area (Å²) in [5.74, 6) is 0.0134. The van der Waals surface area contributed by atoms with Gasteiger partial charge in [0.15, 0.2) is 5.69 Å². The summed E-state index contributed by atoms with van der Waals surface area (Å²) in [7, 11) is 0. The molecule has 3 heterocycles. The summed E-state index contributed by atoms with van der Waals surface area (Å²) in [5.41, 5.74) is 1.78. The van der Waals surface area contributed by atoms with Gasteiger partial charge >= 0.3 is 5.97 Å². The molecule has 0 unspecified atom stereocenters. The monoisotopic (exact) mass is 331 g/mol. The summed E-state index contributed by atoms with van der Waals surface area (Å²) in [4.78, 5) is 22.7. The van der Waals surface area contributed by atoms with Crippen LogP contribution in [0, 0.1) is 0 Å². The summed E-state index contributed by atoms with van der Waals surface area (Å²) in [6.07, 6.45) is 3.35. The topological polar surface area (TPSA) is 93.4 Å². The highest BCUT2D eigenvalue weighted by atomic mass is 16.6. The predicted molar refractivity (Wildman–Crippen MR) is 86.4 cm³/mol. The molecule has 1 aliphatic rings. The van der Waals surface area contributed by atoms with E-state index in [-0.39, 0.29) is 12.3 Å². The number of aliphatic hydroxyl groups excluding tert-OH is 1. The van der Waals surface area contributed by atoms with Crippen LogP contribution in [0.2, 0.25) is 0 Å². The fourth-order valence-corrected chi connectivity index (χ4v) is 2.58. The number of aliphatic hydroxyl groups is 1. The number of aromatic nitrogens is 4. The van der Waals surface area contributed by atoms with Gasteiger partial charge in [0, 0.05) is 18.3 Å². The SMILES string of the molecule is CC(C)(C)OC(=O)c1ccnc(N2Cc3cnn(CCO)c3C2)n1. The van der Waals surface area contributed by atoms with Crippen molar-refractivity contribution in [2.24, 2.45) is 0 Å². The van der Waals surface area contributed by atoms with E-state index < -0.39 is 11.6 Å². The van der Waals surface area contributed by atoms with Crippen LogP contribution in [0.15, 0.2) is 18.5 Å². The summed E-state index contributed by atoms with van der Waals surface area (Å²) in [5, 5.41) is 13.3. The van der Waals surface area contributed by atoms with Gasteiger partial charge in [0.1, 0.15) is 5.60 Å². The second-order valence-corrected chi connectivity index (χ2v) is 6.66. The van der Waals surface area contributed by atoms with E-state index in [1.54, 1.807) is 23.1 Å². The molecule has 0 aromatic carbocycles. The maximum absolute atomic E-state index is 12.2. The average molecular weight is 331 g/mol. The molecule has 0 saturated heterocycles. The van der Waals surface area contributed by atoms with Crippen LogP contribution in [0.5, 0.6) is 0 Å². The Kier molecular flexibility index (Phi) is 4.23. The molecule has 0 atom stereocenters. The standard InChI is InChI=1S/C16H21N5O3/c1-16(2,3)24-14(23)12-4-5-17-15(19-12)20-9-11-8-18-21(6-7-22)13(11)10-20/h4-5,8,22H,6-7,9-10H2,1-3H3. The van der Waals surface area contributed by atoms with Gasteiger partial charge < -0.3 is 14.7 Å². The van der Waals surface area contributed by atoms with Crippen LogP contribution < -0.4 is 4.90 Å². The van der Waals surface area contributed by atoms with Crippen LogP contribution in [-0.2, 0) is 24.4 Å². The first-order valence-corrected chi connectivity index (χ1v) is 7.83. The lowest BCUT2D eigenvalue weighted by atomic mass is 10.2. The highest BCUT2D eigenvalue weighted by Gasteiger charge is 2.26. The van der Waals surface area contributed by atoms with Gasteiger partial charge in [-0.3, -0.25) is 4.68 Å². The Bertz CT molecular complexity index is 750. The number of ether oxygens (including phenoxy) is 1. The van der Waals surface area contributed by atoms with Gasteiger partial charge in [-0.1, -0.05) is 0 Å². The molecule has 0 radical (unpaired) electrons. The number of esters is 1. The minimum atomic E-state index is -0.570. The molecular weight excluding hydrogens is 310 g/mol. The quantitative estimate of drug-likeness (QED) is 0.840. The summed E-state index contributed by atoms with van der Waals surface area (Å²) >= 11 is 0. The first-order chi connectivity index (χ1) is 11.4. The Labute approximate surface area is 140 Å². The fraction of sp³-hybridized carbons (Fsp3) is 0.500. The Hall–Kier alpha value is -2.48. The van der Waals surface area contributed by atoms with Gasteiger partial charge in [0.25, 0.3) is 0 Å². The Balaban J connectivity index is 1.77. The number of hydrogen-bond donors (Lipinski definition) is 1. The minimum absolute atomic E-state index is 0.0404. The van der Waals surface area contributed by atoms with Gasteiger partial charge in [-0.15, -0.1) is 0 Å². The first kappa shape index (κ1) is 16.4. The summed E-state index contributed by atoms with van der Waals surface area (Å²) < 4.78 is 7.13. The first-order valence-electron chi connectivity index (χ1n) is 7.83. The molecule has 3 rings (SSSR count). The summed E-state index contributed by atoms with van der Waals surface area (Å²) in [6, 6.07) is 1.55. The van der Waals surface area contributed by atoms with E-state index in [1.165, 1.54) is 0 Å². The van der Waals surface area contributed by atoms with Crippen molar-refractivity contribution in [3.8, 4) is 0 Å². The lowest BCUT2D eigenvalue weighted by Crippen LogP contribution is -2.25. The van der Waals surface area contributed by atoms with Crippen LogP contribution in [0.25, 0.3) is 0 Å². The van der Waals surface area contributed by atoms with Gasteiger partial charge in [-0.25, -0.2) is 14.8 Å². The van der Waals surface area contributed by atoms with Gasteiger partial charge in [0.2, 0.25) is 5.95 Å². The molecule has 2 aromatic rings. The highest BCUT2D eigenvalue weighted by Crippen LogP contribution is 2.26. The molecule has 0 fully saturated rings. The van der Waals surface area contributed by atoms with E-state index in [0.717, 1.165) is 11.3 Å². The number of rotatable bonds is 4. The number of carbonyl (C=O) groups is 1. The van der Waals surface area contributed by atoms with Crippen LogP contribution in [-0.4, -0.2) is 43.0 Å². The number of hydrogen-bond acceptors (Lipinski definition) is 7. The van der Waals surface area contributed by atoms with Crippen molar-refractivity contribution in [3.63, 3.8) is 0 Å². The third-order valence-corrected chi connectivity index (χ3v) is 3.58. The molecule has 8 heteroatoms. The minimum Gasteiger partial charge on any atom is -0.455 e. The fourth-order valence-electron chi connectivity index (χ4n) is 2.58. The molecule has 0 aliphatic carbocycles. The lowest BCUT2D eigenvalue weighted by molar-refractivity contribution is 0.00627. The Morgan fingerprint density at radius 3 is 2.88 bits per heavy atom. The molecule has 128 valence electrons. The highest BCUT2D eigenvalue weighted by molar-refractivity contribution is 5.87. The molecule has 0 spiro atoms. The zero-order chi connectivity index (χ0) is 17.3. The Morgan fingerprint density at radius 1 is 1.38 bits per heavy atom. The molecule has 0 amide bonds. The van der Waals surface area contributed by atoms with E-state index in [2.05, 4.69) is 15.1 Å². The van der Waals surface area contributed by atoms with E-state index in [0.29, 0.717) is 25.6 Å². The van der Waals surface area contributed by atoms with E-state index in [9.17, 15) is 4.79 Å². The van der Waals surface area contributed by atoms with Crippen molar-refractivity contribution in [1.82, 2.24) is 19.7 Å². The number of anilines is 1. The van der Waals surface area contributed by atoms with E-state index >= 15 is 0 Å². The molecule has 2 aromatic heterocycles. The van der Waals surface area contributed by atoms with Crippen molar-refractivity contribution in [3.05, 3.63) is 35.4 Å². The normalized spacial score (nSPS) is 13.9. The molecule has 0 bridgehead atoms. The third-order valence-electron chi connectivity index (χ3n) is 3.58. The summed E-state index contributed by atoms with van der Waals surface area (Å²) in [6.45, 7) is 7.16. The average Bonchev–Trinajstić information content (AvgIpc) is 3.08. The number of fused-ring (bicyclic) bond motifs is 1. The largest absolute Gasteiger partial charge is 0.455 e. The number of nitrogens with zero attached hydrogens (tertiary/aromatic N) is 5. The molecule has 24 heavy (non-hydrogen) atoms. The predicted octanol–water partition coefficient (Wildman–Crippen LogP) is 1.14. The number of carbonyl (C=O) groups excluding carboxylic acids is 1. The van der Waals surface area contributed by atoms with E-state index in [1.807, 2.05) is 25.7 Å². The van der Waals surface area contributed by atoms with Crippen LogP contribution in [0.3, 0.4) is 0 Å². The van der Waals surface area contributed by atoms with Crippen molar-refractivity contribution in [2.45, 2.75) is 46.0 Å². The Morgan fingerprint density at radius 2 is 2.17 bits per heavy atom. The lowest BCUT2D eigenvalue weighted by Gasteiger charge is -2.20. The third kappa shape index (κ3) is 3.38. The molecule has 1 N–H and O–H groups in total. The maximum atomic E-state index is 12.2. The molecule has 0 saturated carbocycles.